The third kappa shape index (κ3) is 3.25. The van der Waals surface area contributed by atoms with Crippen LogP contribution in [-0.2, 0) is 4.74 Å². The molecule has 20 heavy (non-hydrogen) atoms. The minimum absolute atomic E-state index is 0.0542. The van der Waals surface area contributed by atoms with Crippen molar-refractivity contribution in [2.24, 2.45) is 5.92 Å². The summed E-state index contributed by atoms with van der Waals surface area (Å²) in [6, 6.07) is 0.310. The normalized spacial score (nSPS) is 33.5. The van der Waals surface area contributed by atoms with Gasteiger partial charge in [0.2, 0.25) is 0 Å². The monoisotopic (exact) mass is 347 g/mol. The highest BCUT2D eigenvalue weighted by atomic mass is 79.9. The van der Waals surface area contributed by atoms with Crippen molar-refractivity contribution in [2.45, 2.75) is 38.8 Å². The zero-order valence-electron chi connectivity index (χ0n) is 12.2. The van der Waals surface area contributed by atoms with Gasteiger partial charge in [-0.3, -0.25) is 10.1 Å². The molecule has 0 aromatic carbocycles. The van der Waals surface area contributed by atoms with Crippen LogP contribution >= 0.6 is 15.9 Å². The number of nitro groups is 1. The second kappa shape index (κ2) is 6.30. The van der Waals surface area contributed by atoms with E-state index in [-0.39, 0.29) is 9.53 Å². The molecule has 2 aliphatic rings. The first-order valence-electron chi connectivity index (χ1n) is 7.03. The fourth-order valence-corrected chi connectivity index (χ4v) is 3.54. The van der Waals surface area contributed by atoms with Crippen LogP contribution in [0, 0.1) is 16.0 Å². The van der Waals surface area contributed by atoms with E-state index in [2.05, 4.69) is 34.7 Å². The topological polar surface area (TPSA) is 58.8 Å². The van der Waals surface area contributed by atoms with E-state index in [1.54, 1.807) is 0 Å². The summed E-state index contributed by atoms with van der Waals surface area (Å²) in [5, 5.41) is 11.1. The van der Waals surface area contributed by atoms with Gasteiger partial charge >= 0.3 is 4.61 Å². The summed E-state index contributed by atoms with van der Waals surface area (Å²) >= 11 is 3.14. The molecule has 2 fully saturated rings. The summed E-state index contributed by atoms with van der Waals surface area (Å²) < 4.78 is 5.66. The predicted molar refractivity (Wildman–Crippen MR) is 79.9 cm³/mol. The number of halogens is 1. The van der Waals surface area contributed by atoms with E-state index in [1.165, 1.54) is 0 Å². The van der Waals surface area contributed by atoms with Crippen molar-refractivity contribution in [2.75, 3.05) is 26.7 Å². The first-order valence-corrected chi connectivity index (χ1v) is 7.83. The Bertz CT molecular complexity index is 416. The van der Waals surface area contributed by atoms with E-state index in [0.717, 1.165) is 32.5 Å². The van der Waals surface area contributed by atoms with Crippen LogP contribution in [0.25, 0.3) is 0 Å². The highest BCUT2D eigenvalue weighted by molar-refractivity contribution is 9.11. The van der Waals surface area contributed by atoms with Gasteiger partial charge in [-0.2, -0.15) is 0 Å². The van der Waals surface area contributed by atoms with Crippen LogP contribution in [0.4, 0.5) is 0 Å². The van der Waals surface area contributed by atoms with E-state index < -0.39 is 0 Å². The lowest BCUT2D eigenvalue weighted by Gasteiger charge is -2.43. The second-order valence-corrected chi connectivity index (χ2v) is 6.58. The molecule has 0 aromatic rings. The van der Waals surface area contributed by atoms with Crippen LogP contribution < -0.4 is 0 Å². The summed E-state index contributed by atoms with van der Waals surface area (Å²) in [5.74, 6) is 1.13. The number of rotatable bonds is 3. The van der Waals surface area contributed by atoms with Gasteiger partial charge in [0.1, 0.15) is 0 Å². The van der Waals surface area contributed by atoms with Gasteiger partial charge in [0, 0.05) is 48.0 Å². The van der Waals surface area contributed by atoms with Crippen LogP contribution in [0.1, 0.15) is 26.7 Å². The van der Waals surface area contributed by atoms with E-state index >= 15 is 0 Å². The van der Waals surface area contributed by atoms with Gasteiger partial charge in [-0.1, -0.05) is 0 Å². The molecule has 0 amide bonds. The number of hydrogen-bond acceptors (Lipinski definition) is 5. The molecule has 3 unspecified atom stereocenters. The first-order chi connectivity index (χ1) is 9.40. The molecule has 2 rings (SSSR count). The van der Waals surface area contributed by atoms with Gasteiger partial charge in [-0.15, -0.1) is 0 Å². The van der Waals surface area contributed by atoms with Crippen molar-refractivity contribution in [3.63, 3.8) is 0 Å². The molecule has 114 valence electrons. The van der Waals surface area contributed by atoms with Gasteiger partial charge in [-0.25, -0.2) is 0 Å². The Hall–Kier alpha value is -0.820. The Morgan fingerprint density at radius 3 is 2.80 bits per heavy atom. The maximum absolute atomic E-state index is 11.1. The van der Waals surface area contributed by atoms with Gasteiger partial charge < -0.3 is 14.5 Å². The minimum atomic E-state index is -0.357. The predicted octanol–water partition coefficient (Wildman–Crippen LogP) is 2.24. The van der Waals surface area contributed by atoms with E-state index in [1.807, 2.05) is 11.9 Å². The average molecular weight is 348 g/mol. The average Bonchev–Trinajstić information content (AvgIpc) is 2.79. The first kappa shape index (κ1) is 15.6. The highest BCUT2D eigenvalue weighted by Gasteiger charge is 2.35. The summed E-state index contributed by atoms with van der Waals surface area (Å²) in [5.41, 5.74) is 0. The molecule has 6 nitrogen and oxygen atoms in total. The van der Waals surface area contributed by atoms with Crippen LogP contribution in [0.5, 0.6) is 0 Å². The number of hydrogen-bond donors (Lipinski definition) is 0. The summed E-state index contributed by atoms with van der Waals surface area (Å²) in [6.07, 6.45) is 2.33. The molecule has 0 bridgehead atoms. The third-order valence-electron chi connectivity index (χ3n) is 4.13. The van der Waals surface area contributed by atoms with Gasteiger partial charge in [0.15, 0.2) is 5.82 Å². The Kier molecular flexibility index (Phi) is 4.90. The molecule has 3 atom stereocenters. The molecule has 0 aromatic heterocycles. The standard InChI is InChI=1S/C13H22BrN3O3/c1-9-4-5-15(3)13(12(14)17(18)19)16(9)7-11-6-10(2)20-8-11/h9-11H,4-8H2,1-3H3. The molecule has 0 aliphatic carbocycles. The molecule has 0 radical (unpaired) electrons. The largest absolute Gasteiger partial charge is 0.378 e. The SMILES string of the molecule is CC1CC(CN2C(=C(Br)[N+](=O)[O-])N(C)CCC2C)CO1. The smallest absolute Gasteiger partial charge is 0.350 e. The molecule has 0 spiro atoms. The third-order valence-corrected chi connectivity index (χ3v) is 4.77. The number of ether oxygens (including phenoxy) is 1. The van der Waals surface area contributed by atoms with Crippen LogP contribution in [0.3, 0.4) is 0 Å². The van der Waals surface area contributed by atoms with Crippen LogP contribution in [0.15, 0.2) is 10.4 Å². The van der Waals surface area contributed by atoms with Crippen molar-refractivity contribution in [1.82, 2.24) is 9.80 Å². The Balaban J connectivity index is 2.20. The Morgan fingerprint density at radius 2 is 2.25 bits per heavy atom. The lowest BCUT2D eigenvalue weighted by atomic mass is 10.0. The van der Waals surface area contributed by atoms with Gasteiger partial charge in [0.05, 0.1) is 17.6 Å². The van der Waals surface area contributed by atoms with E-state index in [9.17, 15) is 10.1 Å². The quantitative estimate of drug-likeness (QED) is 0.445. The Labute approximate surface area is 128 Å². The lowest BCUT2D eigenvalue weighted by molar-refractivity contribution is -0.412. The Morgan fingerprint density at radius 1 is 1.55 bits per heavy atom. The molecule has 2 heterocycles. The number of nitrogens with zero attached hydrogens (tertiary/aromatic N) is 3. The minimum Gasteiger partial charge on any atom is -0.378 e. The van der Waals surface area contributed by atoms with Gasteiger partial charge in [-0.05, 0) is 26.7 Å². The molecule has 0 N–H and O–H groups in total. The van der Waals surface area contributed by atoms with Crippen molar-refractivity contribution in [1.29, 1.82) is 0 Å². The zero-order chi connectivity index (χ0) is 14.9. The molecular formula is C13H22BrN3O3. The van der Waals surface area contributed by atoms with Crippen LogP contribution in [0.2, 0.25) is 0 Å². The molecule has 2 saturated heterocycles. The van der Waals surface area contributed by atoms with Gasteiger partial charge in [0.25, 0.3) is 0 Å². The molecule has 7 heteroatoms. The molecular weight excluding hydrogens is 326 g/mol. The summed E-state index contributed by atoms with van der Waals surface area (Å²) in [7, 11) is 1.91. The van der Waals surface area contributed by atoms with E-state index in [0.29, 0.717) is 23.9 Å². The summed E-state index contributed by atoms with van der Waals surface area (Å²) in [4.78, 5) is 14.9. The summed E-state index contributed by atoms with van der Waals surface area (Å²) in [6.45, 7) is 6.61. The van der Waals surface area contributed by atoms with Crippen LogP contribution in [-0.4, -0.2) is 53.6 Å². The van der Waals surface area contributed by atoms with Crippen molar-refractivity contribution in [3.8, 4) is 0 Å². The fourth-order valence-electron chi connectivity index (χ4n) is 3.01. The second-order valence-electron chi connectivity index (χ2n) is 5.83. The maximum Gasteiger partial charge on any atom is 0.350 e. The maximum atomic E-state index is 11.1. The van der Waals surface area contributed by atoms with Crippen molar-refractivity contribution >= 4 is 15.9 Å². The lowest BCUT2D eigenvalue weighted by Crippen LogP contribution is -2.48. The zero-order valence-corrected chi connectivity index (χ0v) is 13.8. The highest BCUT2D eigenvalue weighted by Crippen LogP contribution is 2.30. The van der Waals surface area contributed by atoms with E-state index in [4.69, 9.17) is 4.74 Å². The fraction of sp³-hybridized carbons (Fsp3) is 0.846. The molecule has 0 saturated carbocycles. The van der Waals surface area contributed by atoms with Crippen molar-refractivity contribution < 1.29 is 9.66 Å². The molecule has 2 aliphatic heterocycles. The van der Waals surface area contributed by atoms with Crippen molar-refractivity contribution in [3.05, 3.63) is 20.5 Å².